The van der Waals surface area contributed by atoms with Crippen LogP contribution in [0.25, 0.3) is 11.6 Å². The Hall–Kier alpha value is -2.51. The third kappa shape index (κ3) is 4.36. The fourth-order valence-corrected chi connectivity index (χ4v) is 3.27. The van der Waals surface area contributed by atoms with Crippen molar-refractivity contribution in [1.82, 2.24) is 20.1 Å². The quantitative estimate of drug-likeness (QED) is 0.469. The lowest BCUT2D eigenvalue weighted by molar-refractivity contribution is -0.118. The molecule has 1 N–H and O–H groups in total. The molecule has 0 unspecified atom stereocenters. The van der Waals surface area contributed by atoms with Crippen molar-refractivity contribution in [3.8, 4) is 11.6 Å². The van der Waals surface area contributed by atoms with Crippen LogP contribution in [0, 0.1) is 0 Å². The normalized spacial score (nSPS) is 10.7. The fraction of sp³-hybridized carbons (Fsp3) is 0.167. The maximum absolute atomic E-state index is 12.1. The Bertz CT molecular complexity index is 892. The van der Waals surface area contributed by atoms with Crippen LogP contribution in [0.5, 0.6) is 0 Å². The minimum atomic E-state index is -0.109. The van der Waals surface area contributed by atoms with Gasteiger partial charge in [-0.3, -0.25) is 9.36 Å². The highest BCUT2D eigenvalue weighted by atomic mass is 35.5. The molecule has 0 aliphatic carbocycles. The topological polar surface area (TPSA) is 73.0 Å². The summed E-state index contributed by atoms with van der Waals surface area (Å²) in [7, 11) is 0. The molecule has 0 fully saturated rings. The van der Waals surface area contributed by atoms with Gasteiger partial charge in [0.1, 0.15) is 0 Å². The maximum atomic E-state index is 12.1. The second kappa shape index (κ2) is 8.73. The van der Waals surface area contributed by atoms with Crippen molar-refractivity contribution in [2.75, 3.05) is 5.75 Å². The zero-order valence-corrected chi connectivity index (χ0v) is 15.5. The number of furan rings is 1. The van der Waals surface area contributed by atoms with E-state index in [1.807, 2.05) is 28.8 Å². The van der Waals surface area contributed by atoms with Gasteiger partial charge in [0.2, 0.25) is 11.7 Å². The first-order valence-electron chi connectivity index (χ1n) is 7.90. The molecule has 1 aromatic carbocycles. The Morgan fingerprint density at radius 3 is 2.88 bits per heavy atom. The largest absolute Gasteiger partial charge is 0.461 e. The van der Waals surface area contributed by atoms with Crippen LogP contribution in [0.4, 0.5) is 0 Å². The summed E-state index contributed by atoms with van der Waals surface area (Å²) >= 11 is 7.40. The molecule has 0 aliphatic heterocycles. The smallest absolute Gasteiger partial charge is 0.230 e. The molecule has 0 radical (unpaired) electrons. The molecule has 0 spiro atoms. The summed E-state index contributed by atoms with van der Waals surface area (Å²) in [4.78, 5) is 12.1. The van der Waals surface area contributed by atoms with E-state index in [0.717, 1.165) is 5.56 Å². The van der Waals surface area contributed by atoms with Gasteiger partial charge in [0.15, 0.2) is 10.9 Å². The SMILES string of the molecule is C=CCn1c(SCC(=O)NCc2ccccc2Cl)nnc1-c1ccco1. The Balaban J connectivity index is 1.61. The van der Waals surface area contributed by atoms with Crippen molar-refractivity contribution in [3.05, 3.63) is 65.9 Å². The van der Waals surface area contributed by atoms with Crippen LogP contribution >= 0.6 is 23.4 Å². The average Bonchev–Trinajstić information content (AvgIpc) is 3.29. The molecule has 8 heteroatoms. The molecule has 0 aliphatic rings. The van der Waals surface area contributed by atoms with Crippen molar-refractivity contribution in [2.45, 2.75) is 18.2 Å². The number of thioether (sulfide) groups is 1. The van der Waals surface area contributed by atoms with Gasteiger partial charge in [-0.05, 0) is 23.8 Å². The summed E-state index contributed by atoms with van der Waals surface area (Å²) in [6, 6.07) is 11.0. The fourth-order valence-electron chi connectivity index (χ4n) is 2.29. The van der Waals surface area contributed by atoms with Gasteiger partial charge in [-0.15, -0.1) is 16.8 Å². The minimum Gasteiger partial charge on any atom is -0.461 e. The molecule has 0 atom stereocenters. The highest BCUT2D eigenvalue weighted by Gasteiger charge is 2.16. The van der Waals surface area contributed by atoms with E-state index in [4.69, 9.17) is 16.0 Å². The van der Waals surface area contributed by atoms with Crippen LogP contribution in [0.1, 0.15) is 5.56 Å². The third-order valence-corrected chi connectivity index (χ3v) is 4.87. The van der Waals surface area contributed by atoms with Crippen LogP contribution in [0.2, 0.25) is 5.02 Å². The van der Waals surface area contributed by atoms with Gasteiger partial charge in [-0.1, -0.05) is 47.6 Å². The number of rotatable bonds is 8. The molecular formula is C18H17ClN4O2S. The number of amides is 1. The lowest BCUT2D eigenvalue weighted by atomic mass is 10.2. The highest BCUT2D eigenvalue weighted by Crippen LogP contribution is 2.24. The number of hydrogen-bond donors (Lipinski definition) is 1. The van der Waals surface area contributed by atoms with Crippen molar-refractivity contribution in [1.29, 1.82) is 0 Å². The van der Waals surface area contributed by atoms with E-state index in [2.05, 4.69) is 22.1 Å². The number of allylic oxidation sites excluding steroid dienone is 1. The van der Waals surface area contributed by atoms with Crippen LogP contribution in [-0.2, 0) is 17.9 Å². The molecule has 0 saturated carbocycles. The van der Waals surface area contributed by atoms with E-state index in [9.17, 15) is 4.79 Å². The van der Waals surface area contributed by atoms with Crippen molar-refractivity contribution >= 4 is 29.3 Å². The summed E-state index contributed by atoms with van der Waals surface area (Å²) in [6.45, 7) is 4.66. The molecule has 1 amide bonds. The van der Waals surface area contributed by atoms with Crippen LogP contribution < -0.4 is 5.32 Å². The maximum Gasteiger partial charge on any atom is 0.230 e. The number of benzene rings is 1. The standard InChI is InChI=1S/C18H17ClN4O2S/c1-2-9-23-17(15-8-5-10-25-15)21-22-18(23)26-12-16(24)20-11-13-6-3-4-7-14(13)19/h2-8,10H,1,9,11-12H2,(H,20,24). The lowest BCUT2D eigenvalue weighted by Gasteiger charge is -2.08. The summed E-state index contributed by atoms with van der Waals surface area (Å²) in [6.07, 6.45) is 3.33. The van der Waals surface area contributed by atoms with Gasteiger partial charge in [-0.2, -0.15) is 0 Å². The Kier molecular flexibility index (Phi) is 6.14. The van der Waals surface area contributed by atoms with E-state index in [-0.39, 0.29) is 11.7 Å². The lowest BCUT2D eigenvalue weighted by Crippen LogP contribution is -2.24. The molecular weight excluding hydrogens is 372 g/mol. The first-order chi connectivity index (χ1) is 12.7. The van der Waals surface area contributed by atoms with Gasteiger partial charge >= 0.3 is 0 Å². The average molecular weight is 389 g/mol. The molecule has 134 valence electrons. The number of nitrogens with one attached hydrogen (secondary N) is 1. The number of carbonyl (C=O) groups excluding carboxylic acids is 1. The number of halogens is 1. The Morgan fingerprint density at radius 1 is 1.31 bits per heavy atom. The monoisotopic (exact) mass is 388 g/mol. The first-order valence-corrected chi connectivity index (χ1v) is 9.26. The zero-order valence-electron chi connectivity index (χ0n) is 13.9. The summed E-state index contributed by atoms with van der Waals surface area (Å²) < 4.78 is 7.24. The molecule has 6 nitrogen and oxygen atoms in total. The first kappa shape index (κ1) is 18.3. The third-order valence-electron chi connectivity index (χ3n) is 3.54. The highest BCUT2D eigenvalue weighted by molar-refractivity contribution is 7.99. The van der Waals surface area contributed by atoms with E-state index >= 15 is 0 Å². The van der Waals surface area contributed by atoms with E-state index < -0.39 is 0 Å². The molecule has 3 aromatic rings. The molecule has 0 bridgehead atoms. The van der Waals surface area contributed by atoms with Gasteiger partial charge < -0.3 is 9.73 Å². The molecule has 3 rings (SSSR count). The van der Waals surface area contributed by atoms with E-state index in [0.29, 0.717) is 34.9 Å². The van der Waals surface area contributed by atoms with E-state index in [1.165, 1.54) is 11.8 Å². The number of aromatic nitrogens is 3. The van der Waals surface area contributed by atoms with Crippen LogP contribution in [0.3, 0.4) is 0 Å². The number of carbonyl (C=O) groups is 1. The zero-order chi connectivity index (χ0) is 18.4. The summed E-state index contributed by atoms with van der Waals surface area (Å²) in [5.74, 6) is 1.34. The number of hydrogen-bond acceptors (Lipinski definition) is 5. The predicted molar refractivity (Wildman–Crippen MR) is 102 cm³/mol. The van der Waals surface area contributed by atoms with Gasteiger partial charge in [0.25, 0.3) is 0 Å². The Labute approximate surface area is 160 Å². The molecule has 2 heterocycles. The Morgan fingerprint density at radius 2 is 2.15 bits per heavy atom. The van der Waals surface area contributed by atoms with Crippen LogP contribution in [0.15, 0.2) is 64.9 Å². The molecule has 2 aromatic heterocycles. The predicted octanol–water partition coefficient (Wildman–Crippen LogP) is 3.79. The van der Waals surface area contributed by atoms with Gasteiger partial charge in [0.05, 0.1) is 12.0 Å². The number of nitrogens with zero attached hydrogens (tertiary/aromatic N) is 3. The van der Waals surface area contributed by atoms with Crippen LogP contribution in [-0.4, -0.2) is 26.4 Å². The van der Waals surface area contributed by atoms with Gasteiger partial charge in [-0.25, -0.2) is 0 Å². The summed E-state index contributed by atoms with van der Waals surface area (Å²) in [5, 5.41) is 12.4. The van der Waals surface area contributed by atoms with E-state index in [1.54, 1.807) is 24.5 Å². The molecule has 26 heavy (non-hydrogen) atoms. The molecule has 0 saturated heterocycles. The second-order valence-electron chi connectivity index (χ2n) is 5.34. The minimum absolute atomic E-state index is 0.109. The summed E-state index contributed by atoms with van der Waals surface area (Å²) in [5.41, 5.74) is 0.877. The van der Waals surface area contributed by atoms with Crippen molar-refractivity contribution in [3.63, 3.8) is 0 Å². The van der Waals surface area contributed by atoms with Crippen molar-refractivity contribution < 1.29 is 9.21 Å². The van der Waals surface area contributed by atoms with Gasteiger partial charge in [0, 0.05) is 18.1 Å². The van der Waals surface area contributed by atoms with Crippen molar-refractivity contribution in [2.24, 2.45) is 0 Å². The second-order valence-corrected chi connectivity index (χ2v) is 6.69.